The van der Waals surface area contributed by atoms with Gasteiger partial charge in [0.1, 0.15) is 0 Å². The van der Waals surface area contributed by atoms with Crippen molar-refractivity contribution >= 4 is 16.5 Å². The summed E-state index contributed by atoms with van der Waals surface area (Å²) in [6.07, 6.45) is 3.69. The number of aromatic nitrogens is 1. The van der Waals surface area contributed by atoms with Crippen LogP contribution < -0.4 is 4.90 Å². The highest BCUT2D eigenvalue weighted by Crippen LogP contribution is 2.26. The Morgan fingerprint density at radius 2 is 2.12 bits per heavy atom. The molecule has 16 heavy (non-hydrogen) atoms. The molecule has 0 aliphatic carbocycles. The predicted octanol–water partition coefficient (Wildman–Crippen LogP) is 1.87. The fourth-order valence-corrected chi connectivity index (χ4v) is 2.11. The van der Waals surface area contributed by atoms with Gasteiger partial charge >= 0.3 is 0 Å². The number of anilines is 1. The summed E-state index contributed by atoms with van der Waals surface area (Å²) in [4.78, 5) is 6.49. The summed E-state index contributed by atoms with van der Waals surface area (Å²) >= 11 is 0. The molecule has 3 rings (SSSR count). The van der Waals surface area contributed by atoms with Gasteiger partial charge in [-0.15, -0.1) is 0 Å². The van der Waals surface area contributed by atoms with Gasteiger partial charge in [-0.25, -0.2) is 0 Å². The minimum Gasteiger partial charge on any atom is -0.378 e. The van der Waals surface area contributed by atoms with E-state index in [1.807, 2.05) is 18.5 Å². The van der Waals surface area contributed by atoms with Gasteiger partial charge < -0.3 is 9.64 Å². The Kier molecular flexibility index (Phi) is 2.46. The van der Waals surface area contributed by atoms with Crippen molar-refractivity contribution in [2.45, 2.75) is 0 Å². The average Bonchev–Trinajstić information content (AvgIpc) is 2.39. The van der Waals surface area contributed by atoms with E-state index in [4.69, 9.17) is 4.74 Å². The van der Waals surface area contributed by atoms with E-state index < -0.39 is 0 Å². The molecule has 1 aliphatic rings. The van der Waals surface area contributed by atoms with Crippen LogP contribution in [0.3, 0.4) is 0 Å². The Morgan fingerprint density at radius 3 is 3.00 bits per heavy atom. The van der Waals surface area contributed by atoms with Crippen molar-refractivity contribution in [1.29, 1.82) is 0 Å². The second-order valence-corrected chi connectivity index (χ2v) is 3.88. The van der Waals surface area contributed by atoms with E-state index in [1.165, 1.54) is 11.1 Å². The standard InChI is InChI=1S/C13H13N2O/c1-2-11-10-14-5-4-12(11)13(3-1)15-6-8-16-9-7-15/h1,3-5,10H,6-9H2. The lowest BCUT2D eigenvalue weighted by Crippen LogP contribution is -2.36. The highest BCUT2D eigenvalue weighted by molar-refractivity contribution is 5.93. The molecule has 2 aromatic rings. The second kappa shape index (κ2) is 4.10. The summed E-state index contributed by atoms with van der Waals surface area (Å²) in [6, 6.07) is 9.35. The normalized spacial score (nSPS) is 16.6. The number of hydrogen-bond acceptors (Lipinski definition) is 3. The minimum atomic E-state index is 0.811. The molecule has 3 nitrogen and oxygen atoms in total. The van der Waals surface area contributed by atoms with Gasteiger partial charge in [0, 0.05) is 41.9 Å². The van der Waals surface area contributed by atoms with Gasteiger partial charge in [0.15, 0.2) is 0 Å². The highest BCUT2D eigenvalue weighted by Gasteiger charge is 2.13. The first-order chi connectivity index (χ1) is 7.95. The molecule has 1 radical (unpaired) electrons. The first-order valence-electron chi connectivity index (χ1n) is 5.52. The lowest BCUT2D eigenvalue weighted by molar-refractivity contribution is 0.123. The highest BCUT2D eigenvalue weighted by atomic mass is 16.5. The van der Waals surface area contributed by atoms with Gasteiger partial charge in [0.25, 0.3) is 0 Å². The molecule has 1 aromatic heterocycles. The van der Waals surface area contributed by atoms with Crippen molar-refractivity contribution in [3.05, 3.63) is 36.7 Å². The maximum atomic E-state index is 5.37. The average molecular weight is 213 g/mol. The molecular weight excluding hydrogens is 200 g/mol. The molecule has 3 heteroatoms. The van der Waals surface area contributed by atoms with E-state index >= 15 is 0 Å². The number of hydrogen-bond donors (Lipinski definition) is 0. The third kappa shape index (κ3) is 1.63. The topological polar surface area (TPSA) is 25.4 Å². The van der Waals surface area contributed by atoms with Crippen LogP contribution >= 0.6 is 0 Å². The van der Waals surface area contributed by atoms with Crippen molar-refractivity contribution in [2.75, 3.05) is 31.2 Å². The van der Waals surface area contributed by atoms with Crippen LogP contribution in [-0.2, 0) is 4.74 Å². The van der Waals surface area contributed by atoms with Crippen molar-refractivity contribution in [3.63, 3.8) is 0 Å². The molecule has 0 amide bonds. The number of ether oxygens (including phenoxy) is 1. The number of morpholine rings is 1. The maximum Gasteiger partial charge on any atom is 0.0642 e. The third-order valence-corrected chi connectivity index (χ3v) is 2.93. The van der Waals surface area contributed by atoms with Crippen molar-refractivity contribution < 1.29 is 4.74 Å². The third-order valence-electron chi connectivity index (χ3n) is 2.93. The van der Waals surface area contributed by atoms with Crippen molar-refractivity contribution in [3.8, 4) is 0 Å². The first-order valence-corrected chi connectivity index (χ1v) is 5.52. The van der Waals surface area contributed by atoms with Gasteiger partial charge in [-0.2, -0.15) is 0 Å². The quantitative estimate of drug-likeness (QED) is 0.723. The smallest absolute Gasteiger partial charge is 0.0642 e. The van der Waals surface area contributed by atoms with E-state index in [1.54, 1.807) is 0 Å². The van der Waals surface area contributed by atoms with Gasteiger partial charge in [0.2, 0.25) is 0 Å². The van der Waals surface area contributed by atoms with Crippen LogP contribution in [0.5, 0.6) is 0 Å². The van der Waals surface area contributed by atoms with E-state index in [9.17, 15) is 0 Å². The summed E-state index contributed by atoms with van der Waals surface area (Å²) in [5, 5.41) is 2.30. The van der Waals surface area contributed by atoms with Crippen molar-refractivity contribution in [2.24, 2.45) is 0 Å². The molecule has 1 aliphatic heterocycles. The molecule has 0 spiro atoms. The number of fused-ring (bicyclic) bond motifs is 1. The lowest BCUT2D eigenvalue weighted by Gasteiger charge is -2.29. The molecule has 0 saturated carbocycles. The predicted molar refractivity (Wildman–Crippen MR) is 63.6 cm³/mol. The molecule has 1 aromatic carbocycles. The van der Waals surface area contributed by atoms with Crippen molar-refractivity contribution in [1.82, 2.24) is 4.98 Å². The summed E-state index contributed by atoms with van der Waals surface area (Å²) in [5.74, 6) is 0. The Labute approximate surface area is 94.7 Å². The first kappa shape index (κ1) is 9.60. The number of benzene rings is 1. The largest absolute Gasteiger partial charge is 0.378 e. The molecule has 1 fully saturated rings. The molecule has 0 N–H and O–H groups in total. The van der Waals surface area contributed by atoms with Crippen LogP contribution in [0, 0.1) is 6.07 Å². The maximum absolute atomic E-state index is 5.37. The molecule has 81 valence electrons. The zero-order valence-corrected chi connectivity index (χ0v) is 9.02. The van der Waals surface area contributed by atoms with Gasteiger partial charge in [0.05, 0.1) is 13.2 Å². The summed E-state index contributed by atoms with van der Waals surface area (Å²) < 4.78 is 5.37. The number of nitrogens with zero attached hydrogens (tertiary/aromatic N) is 2. The summed E-state index contributed by atoms with van der Waals surface area (Å²) in [6.45, 7) is 3.54. The van der Waals surface area contributed by atoms with Crippen LogP contribution in [0.25, 0.3) is 10.8 Å². The van der Waals surface area contributed by atoms with Crippen LogP contribution in [0.15, 0.2) is 30.6 Å². The zero-order valence-electron chi connectivity index (χ0n) is 9.02. The molecular formula is C13H13N2O. The molecule has 2 heterocycles. The summed E-state index contributed by atoms with van der Waals surface area (Å²) in [7, 11) is 0. The van der Waals surface area contributed by atoms with Gasteiger partial charge in [-0.1, -0.05) is 6.07 Å². The Hall–Kier alpha value is -1.61. The Bertz CT molecular complexity index is 487. The van der Waals surface area contributed by atoms with Crippen LogP contribution in [0.1, 0.15) is 0 Å². The summed E-state index contributed by atoms with van der Waals surface area (Å²) in [5.41, 5.74) is 1.26. The molecule has 0 unspecified atom stereocenters. The fourth-order valence-electron chi connectivity index (χ4n) is 2.11. The van der Waals surface area contributed by atoms with E-state index in [-0.39, 0.29) is 0 Å². The van der Waals surface area contributed by atoms with Gasteiger partial charge in [-0.3, -0.25) is 4.98 Å². The lowest BCUT2D eigenvalue weighted by atomic mass is 10.1. The SMILES string of the molecule is [c]1ccc(N2CCOCC2)c2ccncc12. The fraction of sp³-hybridized carbons (Fsp3) is 0.308. The molecule has 0 atom stereocenters. The van der Waals surface area contributed by atoms with Crippen LogP contribution in [0.2, 0.25) is 0 Å². The zero-order chi connectivity index (χ0) is 10.8. The Balaban J connectivity index is 2.08. The van der Waals surface area contributed by atoms with E-state index in [2.05, 4.69) is 28.1 Å². The second-order valence-electron chi connectivity index (χ2n) is 3.88. The molecule has 1 saturated heterocycles. The number of pyridine rings is 1. The van der Waals surface area contributed by atoms with Crippen LogP contribution in [0.4, 0.5) is 5.69 Å². The van der Waals surface area contributed by atoms with E-state index in [0.717, 1.165) is 31.7 Å². The minimum absolute atomic E-state index is 0.811. The van der Waals surface area contributed by atoms with Crippen LogP contribution in [-0.4, -0.2) is 31.3 Å². The van der Waals surface area contributed by atoms with E-state index in [0.29, 0.717) is 0 Å². The van der Waals surface area contributed by atoms with Gasteiger partial charge in [-0.05, 0) is 18.2 Å². The number of rotatable bonds is 1. The Morgan fingerprint density at radius 1 is 1.25 bits per heavy atom. The molecule has 0 bridgehead atoms. The monoisotopic (exact) mass is 213 g/mol.